The number of aromatic amines is 1. The summed E-state index contributed by atoms with van der Waals surface area (Å²) in [5.41, 5.74) is 7.10. The van der Waals surface area contributed by atoms with Crippen LogP contribution in [0.2, 0.25) is 0 Å². The summed E-state index contributed by atoms with van der Waals surface area (Å²) >= 11 is 0. The number of carbonyl (C=O) groups is 6. The van der Waals surface area contributed by atoms with Crippen molar-refractivity contribution in [3.8, 4) is 0 Å². The summed E-state index contributed by atoms with van der Waals surface area (Å²) in [6, 6.07) is 3.13. The Morgan fingerprint density at radius 2 is 1.60 bits per heavy atom. The minimum absolute atomic E-state index is 0.0582. The van der Waals surface area contributed by atoms with E-state index in [9.17, 15) is 43.3 Å². The first-order valence-electron chi connectivity index (χ1n) is 21.1. The van der Waals surface area contributed by atoms with E-state index in [1.54, 1.807) is 0 Å². The number of rotatable bonds is 28. The van der Waals surface area contributed by atoms with E-state index in [1.165, 1.54) is 29.9 Å². The molecule has 0 aliphatic carbocycles. The van der Waals surface area contributed by atoms with E-state index in [0.29, 0.717) is 37.9 Å². The summed E-state index contributed by atoms with van der Waals surface area (Å²) in [5, 5.41) is 20.2. The number of aliphatic hydroxyl groups is 1. The third-order valence-electron chi connectivity index (χ3n) is 9.99. The molecule has 2 heterocycles. The monoisotopic (exact) mass is 892 g/mol. The summed E-state index contributed by atoms with van der Waals surface area (Å²) in [5.74, 6) is -4.75. The molecule has 0 spiro atoms. The van der Waals surface area contributed by atoms with E-state index >= 15 is 0 Å². The summed E-state index contributed by atoms with van der Waals surface area (Å²) in [6.45, 7) is 8.11. The summed E-state index contributed by atoms with van der Waals surface area (Å²) in [7, 11) is -4.72. The van der Waals surface area contributed by atoms with Crippen LogP contribution in [0.15, 0.2) is 42.9 Å². The van der Waals surface area contributed by atoms with Gasteiger partial charge in [-0.25, -0.2) is 9.55 Å². The van der Waals surface area contributed by atoms with Crippen LogP contribution in [0.1, 0.15) is 90.8 Å². The molecular formula is C41H65N8O12P. The largest absolute Gasteiger partial charge is 0.472 e. The molecule has 0 saturated carbocycles. The number of amides is 6. The van der Waals surface area contributed by atoms with Crippen LogP contribution in [-0.2, 0) is 60.0 Å². The zero-order chi connectivity index (χ0) is 45.8. The molecule has 6 amide bonds. The molecule has 1 fully saturated rings. The highest BCUT2D eigenvalue weighted by molar-refractivity contribution is 7.47. The van der Waals surface area contributed by atoms with Crippen molar-refractivity contribution in [2.45, 2.75) is 135 Å². The first-order chi connectivity index (χ1) is 29.4. The Labute approximate surface area is 362 Å². The molecular weight excluding hydrogens is 827 g/mol. The van der Waals surface area contributed by atoms with Crippen molar-refractivity contribution in [2.24, 2.45) is 11.7 Å². The van der Waals surface area contributed by atoms with Crippen LogP contribution in [0.25, 0.3) is 0 Å². The number of nitrogens with zero attached hydrogens (tertiary/aromatic N) is 2. The number of benzene rings is 1. The molecule has 3 rings (SSSR count). The number of likely N-dealkylation sites (tertiary alicyclic amines) is 1. The van der Waals surface area contributed by atoms with Gasteiger partial charge in [0.25, 0.3) is 0 Å². The number of aliphatic hydroxyl groups excluding tert-OH is 1. The second-order valence-corrected chi connectivity index (χ2v) is 17.4. The number of hydrogen-bond acceptors (Lipinski definition) is 12. The van der Waals surface area contributed by atoms with Gasteiger partial charge in [-0.1, -0.05) is 50.6 Å². The van der Waals surface area contributed by atoms with E-state index in [4.69, 9.17) is 19.5 Å². The predicted octanol–water partition coefficient (Wildman–Crippen LogP) is 1.16. The molecule has 1 aliphatic heterocycles. The first-order valence-corrected chi connectivity index (χ1v) is 22.6. The summed E-state index contributed by atoms with van der Waals surface area (Å²) < 4.78 is 28.4. The Morgan fingerprint density at radius 3 is 2.23 bits per heavy atom. The average Bonchev–Trinajstić information content (AvgIpc) is 3.92. The van der Waals surface area contributed by atoms with Crippen LogP contribution in [0.4, 0.5) is 0 Å². The van der Waals surface area contributed by atoms with Crippen LogP contribution in [0.3, 0.4) is 0 Å². The number of nitrogens with one attached hydrogen (secondary N) is 5. The van der Waals surface area contributed by atoms with Gasteiger partial charge in [-0.05, 0) is 70.8 Å². The standard InChI is InChI=1S/C41H65N8O12P/c1-26(2)21-31(46-41(56)34-16-12-18-49(34)35(51)17-20-59-27(3)4)38(53)45-32(22-30-23-43-25-44-30)39(54)47-33(24-50)40(55)48-36(37(42)52)28(5)61-62(57,58)60-19-11-7-10-15-29-13-8-6-9-14-29/h6,8-9,13-14,23,25-28,31-34,36,50H,7,10-12,15-22,24H2,1-5H3,(H2,42,52)(H,43,44)(H,45,53)(H,46,56)(H,47,54)(H,48,55)(H,57,58)/t28-,31+,32+,33+,34+,36+/m1/s1. The lowest BCUT2D eigenvalue weighted by molar-refractivity contribution is -0.140. The van der Waals surface area contributed by atoms with E-state index in [2.05, 4.69) is 31.2 Å². The van der Waals surface area contributed by atoms with Crippen molar-refractivity contribution in [3.63, 3.8) is 0 Å². The number of carbonyl (C=O) groups excluding carboxylic acids is 6. The van der Waals surface area contributed by atoms with Crippen LogP contribution in [0.5, 0.6) is 0 Å². The number of hydrogen-bond donors (Lipinski definition) is 8. The van der Waals surface area contributed by atoms with Gasteiger partial charge in [-0.2, -0.15) is 0 Å². The molecule has 1 unspecified atom stereocenters. The zero-order valence-electron chi connectivity index (χ0n) is 36.2. The molecule has 1 saturated heterocycles. The van der Waals surface area contributed by atoms with Gasteiger partial charge in [-0.3, -0.25) is 37.8 Å². The fraction of sp³-hybridized carbons (Fsp3) is 0.634. The average molecular weight is 893 g/mol. The van der Waals surface area contributed by atoms with Crippen LogP contribution in [-0.4, -0.2) is 129 Å². The second-order valence-electron chi connectivity index (χ2n) is 16.0. The molecule has 0 radical (unpaired) electrons. The second kappa shape index (κ2) is 26.0. The molecule has 20 nitrogen and oxygen atoms in total. The normalized spacial score (nSPS) is 17.4. The number of aryl methyl sites for hydroxylation is 1. The third kappa shape index (κ3) is 17.9. The van der Waals surface area contributed by atoms with Gasteiger partial charge < -0.3 is 51.6 Å². The minimum atomic E-state index is -4.72. The maximum Gasteiger partial charge on any atom is 0.472 e. The highest BCUT2D eigenvalue weighted by atomic mass is 31.2. The molecule has 2 aromatic rings. The SMILES string of the molecule is CC(C)C[C@H](NC(=O)[C@@H]1CCCN1C(=O)CCOC(C)C)C(=O)N[C@@H](Cc1cnc[nH]1)C(=O)N[C@@H](CO)C(=O)N[C@H](C(N)=O)[C@@H](C)OP(=O)(O)OCCCCCc1ccccc1. The lowest BCUT2D eigenvalue weighted by Gasteiger charge is -2.29. The van der Waals surface area contributed by atoms with Crippen molar-refractivity contribution in [2.75, 3.05) is 26.4 Å². The van der Waals surface area contributed by atoms with Gasteiger partial charge in [0.1, 0.15) is 30.2 Å². The zero-order valence-corrected chi connectivity index (χ0v) is 37.1. The fourth-order valence-electron chi connectivity index (χ4n) is 6.81. The maximum atomic E-state index is 13.9. The molecule has 9 N–H and O–H groups in total. The highest BCUT2D eigenvalue weighted by Gasteiger charge is 2.38. The lowest BCUT2D eigenvalue weighted by atomic mass is 10.0. The number of phosphoric acid groups is 1. The van der Waals surface area contributed by atoms with E-state index < -0.39 is 80.3 Å². The van der Waals surface area contributed by atoms with Crippen LogP contribution < -0.4 is 27.0 Å². The Bertz CT molecular complexity index is 1780. The van der Waals surface area contributed by atoms with Crippen molar-refractivity contribution in [1.82, 2.24) is 36.1 Å². The van der Waals surface area contributed by atoms with Crippen LogP contribution in [0, 0.1) is 5.92 Å². The van der Waals surface area contributed by atoms with Crippen molar-refractivity contribution in [1.29, 1.82) is 0 Å². The van der Waals surface area contributed by atoms with Crippen molar-refractivity contribution in [3.05, 3.63) is 54.1 Å². The smallest absolute Gasteiger partial charge is 0.394 e. The summed E-state index contributed by atoms with van der Waals surface area (Å²) in [6.07, 6.45) is 5.16. The Balaban J connectivity index is 1.64. The van der Waals surface area contributed by atoms with Gasteiger partial charge >= 0.3 is 7.82 Å². The first kappa shape index (κ1) is 51.6. The molecule has 1 aliphatic rings. The Kier molecular flexibility index (Phi) is 21.7. The third-order valence-corrected chi connectivity index (χ3v) is 11.1. The van der Waals surface area contributed by atoms with E-state index in [0.717, 1.165) is 12.8 Å². The predicted molar refractivity (Wildman–Crippen MR) is 227 cm³/mol. The van der Waals surface area contributed by atoms with Crippen molar-refractivity contribution < 1.29 is 57.1 Å². The van der Waals surface area contributed by atoms with Gasteiger partial charge in [0.15, 0.2) is 0 Å². The van der Waals surface area contributed by atoms with Gasteiger partial charge in [0, 0.05) is 24.9 Å². The molecule has 346 valence electrons. The number of ether oxygens (including phenoxy) is 1. The number of H-pyrrole nitrogens is 1. The van der Waals surface area contributed by atoms with Gasteiger partial charge in [0.05, 0.1) is 44.8 Å². The summed E-state index contributed by atoms with van der Waals surface area (Å²) in [4.78, 5) is 98.6. The molecule has 62 heavy (non-hydrogen) atoms. The number of aromatic nitrogens is 2. The van der Waals surface area contributed by atoms with Crippen molar-refractivity contribution >= 4 is 43.3 Å². The Hall–Kier alpha value is -4.72. The van der Waals surface area contributed by atoms with Crippen LogP contribution >= 0.6 is 7.82 Å². The number of nitrogens with two attached hydrogens (primary N) is 1. The molecule has 7 atom stereocenters. The van der Waals surface area contributed by atoms with E-state index in [1.807, 2.05) is 58.0 Å². The number of imidazole rings is 1. The highest BCUT2D eigenvalue weighted by Crippen LogP contribution is 2.45. The maximum absolute atomic E-state index is 13.9. The number of primary amides is 1. The lowest BCUT2D eigenvalue weighted by Crippen LogP contribution is -2.61. The molecule has 1 aromatic carbocycles. The topological polar surface area (TPSA) is 294 Å². The van der Waals surface area contributed by atoms with Gasteiger partial charge in [-0.15, -0.1) is 0 Å². The number of phosphoric ester groups is 1. The fourth-order valence-corrected chi connectivity index (χ4v) is 7.77. The van der Waals surface area contributed by atoms with Gasteiger partial charge in [0.2, 0.25) is 35.4 Å². The minimum Gasteiger partial charge on any atom is -0.394 e. The number of unbranched alkanes of at least 4 members (excludes halogenated alkanes) is 2. The molecule has 0 bridgehead atoms. The molecule has 1 aromatic heterocycles. The molecule has 21 heteroatoms. The van der Waals surface area contributed by atoms with E-state index in [-0.39, 0.29) is 50.4 Å². The quantitative estimate of drug-likeness (QED) is 0.0440. The Morgan fingerprint density at radius 1 is 0.919 bits per heavy atom.